The number of nitrogens with zero attached hydrogens (tertiary/aromatic N) is 1. The second-order valence-electron chi connectivity index (χ2n) is 4.70. The van der Waals surface area contributed by atoms with Gasteiger partial charge in [-0.05, 0) is 57.6 Å². The van der Waals surface area contributed by atoms with Crippen LogP contribution in [0.5, 0.6) is 0 Å². The third-order valence-electron chi connectivity index (χ3n) is 3.24. The summed E-state index contributed by atoms with van der Waals surface area (Å²) >= 11 is 6.05. The van der Waals surface area contributed by atoms with E-state index < -0.39 is 0 Å². The first-order valence-corrected chi connectivity index (χ1v) is 6.43. The zero-order chi connectivity index (χ0) is 12.3. The van der Waals surface area contributed by atoms with Crippen molar-refractivity contribution >= 4 is 17.3 Å². The van der Waals surface area contributed by atoms with E-state index in [0.717, 1.165) is 25.9 Å². The summed E-state index contributed by atoms with van der Waals surface area (Å²) in [5.74, 6) is -0.248. The van der Waals surface area contributed by atoms with Crippen LogP contribution in [-0.2, 0) is 0 Å². The minimum absolute atomic E-state index is 0.248. The molecule has 0 aromatic heterocycles. The number of halogens is 2. The molecule has 1 fully saturated rings. The maximum Gasteiger partial charge on any atom is 0.125 e. The van der Waals surface area contributed by atoms with Gasteiger partial charge in [0.2, 0.25) is 0 Å². The van der Waals surface area contributed by atoms with Crippen LogP contribution in [0, 0.1) is 5.82 Å². The molecule has 17 heavy (non-hydrogen) atoms. The van der Waals surface area contributed by atoms with Crippen LogP contribution in [-0.4, -0.2) is 31.1 Å². The van der Waals surface area contributed by atoms with E-state index in [2.05, 4.69) is 17.3 Å². The second-order valence-corrected chi connectivity index (χ2v) is 5.11. The predicted molar refractivity (Wildman–Crippen MR) is 70.2 cm³/mol. The lowest BCUT2D eigenvalue weighted by Gasteiger charge is -2.19. The van der Waals surface area contributed by atoms with Gasteiger partial charge in [-0.2, -0.15) is 0 Å². The van der Waals surface area contributed by atoms with Gasteiger partial charge in [-0.15, -0.1) is 0 Å². The first-order valence-electron chi connectivity index (χ1n) is 6.05. The number of likely N-dealkylation sites (tertiary alicyclic amines) is 1. The fraction of sp³-hybridized carbons (Fsp3) is 0.538. The highest BCUT2D eigenvalue weighted by molar-refractivity contribution is 6.33. The van der Waals surface area contributed by atoms with Crippen molar-refractivity contribution in [2.75, 3.05) is 25.5 Å². The fourth-order valence-corrected chi connectivity index (χ4v) is 2.38. The lowest BCUT2D eigenvalue weighted by atomic mass is 10.1. The molecular weight excluding hydrogens is 239 g/mol. The topological polar surface area (TPSA) is 15.3 Å². The Bertz CT molecular complexity index is 384. The van der Waals surface area contributed by atoms with Gasteiger partial charge < -0.3 is 10.2 Å². The predicted octanol–water partition coefficient (Wildman–Crippen LogP) is 3.38. The monoisotopic (exact) mass is 256 g/mol. The Kier molecular flexibility index (Phi) is 4.24. The summed E-state index contributed by atoms with van der Waals surface area (Å²) < 4.78 is 13.1. The van der Waals surface area contributed by atoms with Crippen molar-refractivity contribution in [3.63, 3.8) is 0 Å². The Labute approximate surface area is 107 Å². The Morgan fingerprint density at radius 1 is 1.35 bits per heavy atom. The van der Waals surface area contributed by atoms with Crippen LogP contribution in [0.2, 0.25) is 5.02 Å². The molecule has 2 rings (SSSR count). The van der Waals surface area contributed by atoms with Gasteiger partial charge in [-0.1, -0.05) is 11.6 Å². The second kappa shape index (κ2) is 5.69. The molecule has 1 N–H and O–H groups in total. The van der Waals surface area contributed by atoms with E-state index in [1.54, 1.807) is 6.07 Å². The zero-order valence-corrected chi connectivity index (χ0v) is 10.8. The molecule has 1 unspecified atom stereocenters. The molecule has 4 heteroatoms. The molecule has 0 amide bonds. The fourth-order valence-electron chi connectivity index (χ4n) is 2.21. The van der Waals surface area contributed by atoms with Gasteiger partial charge in [0.05, 0.1) is 10.7 Å². The summed E-state index contributed by atoms with van der Waals surface area (Å²) in [5.41, 5.74) is 0.709. The van der Waals surface area contributed by atoms with Crippen molar-refractivity contribution in [2.24, 2.45) is 0 Å². The van der Waals surface area contributed by atoms with Crippen LogP contribution in [0.25, 0.3) is 0 Å². The van der Waals surface area contributed by atoms with Crippen molar-refractivity contribution < 1.29 is 4.39 Å². The van der Waals surface area contributed by atoms with E-state index in [1.165, 1.54) is 18.6 Å². The summed E-state index contributed by atoms with van der Waals surface area (Å²) in [6.07, 6.45) is 3.35. The third-order valence-corrected chi connectivity index (χ3v) is 3.57. The minimum atomic E-state index is -0.248. The SMILES string of the molecule is CN1CCCC(Nc2cc(F)ccc2Cl)CC1. The van der Waals surface area contributed by atoms with Crippen LogP contribution in [0.15, 0.2) is 18.2 Å². The molecule has 1 heterocycles. The number of benzene rings is 1. The van der Waals surface area contributed by atoms with Crippen LogP contribution >= 0.6 is 11.6 Å². The van der Waals surface area contributed by atoms with Gasteiger partial charge in [0, 0.05) is 6.04 Å². The van der Waals surface area contributed by atoms with Gasteiger partial charge in [0.25, 0.3) is 0 Å². The maximum atomic E-state index is 13.1. The summed E-state index contributed by atoms with van der Waals surface area (Å²) in [4.78, 5) is 2.33. The van der Waals surface area contributed by atoms with Crippen molar-refractivity contribution in [1.29, 1.82) is 0 Å². The number of rotatable bonds is 2. The summed E-state index contributed by atoms with van der Waals surface area (Å²) in [7, 11) is 2.14. The average molecular weight is 257 g/mol. The summed E-state index contributed by atoms with van der Waals surface area (Å²) in [6, 6.07) is 4.84. The number of hydrogen-bond acceptors (Lipinski definition) is 2. The van der Waals surface area contributed by atoms with E-state index in [-0.39, 0.29) is 5.82 Å². The first-order chi connectivity index (χ1) is 8.15. The average Bonchev–Trinajstić information content (AvgIpc) is 2.49. The molecule has 94 valence electrons. The number of hydrogen-bond donors (Lipinski definition) is 1. The molecule has 1 aromatic rings. The van der Waals surface area contributed by atoms with Gasteiger partial charge in [0.1, 0.15) is 5.82 Å². The summed E-state index contributed by atoms with van der Waals surface area (Å²) in [6.45, 7) is 2.21. The van der Waals surface area contributed by atoms with E-state index in [1.807, 2.05) is 0 Å². The molecule has 1 atom stereocenters. The maximum absolute atomic E-state index is 13.1. The lowest BCUT2D eigenvalue weighted by Crippen LogP contribution is -2.23. The van der Waals surface area contributed by atoms with E-state index in [9.17, 15) is 4.39 Å². The van der Waals surface area contributed by atoms with Gasteiger partial charge in [0.15, 0.2) is 0 Å². The zero-order valence-electron chi connectivity index (χ0n) is 10.0. The van der Waals surface area contributed by atoms with Crippen LogP contribution < -0.4 is 5.32 Å². The van der Waals surface area contributed by atoms with E-state index in [4.69, 9.17) is 11.6 Å². The minimum Gasteiger partial charge on any atom is -0.381 e. The molecule has 0 radical (unpaired) electrons. The molecule has 2 nitrogen and oxygen atoms in total. The highest BCUT2D eigenvalue weighted by Gasteiger charge is 2.15. The lowest BCUT2D eigenvalue weighted by molar-refractivity contribution is 0.348. The molecule has 0 saturated carbocycles. The summed E-state index contributed by atoms with van der Waals surface area (Å²) in [5, 5.41) is 3.94. The molecule has 0 spiro atoms. The third kappa shape index (κ3) is 3.58. The highest BCUT2D eigenvalue weighted by Crippen LogP contribution is 2.25. The molecule has 1 aliphatic rings. The molecule has 1 saturated heterocycles. The first kappa shape index (κ1) is 12.7. The smallest absolute Gasteiger partial charge is 0.125 e. The molecule has 1 aliphatic heterocycles. The van der Waals surface area contributed by atoms with Crippen LogP contribution in [0.4, 0.5) is 10.1 Å². The standard InChI is InChI=1S/C13H18ClFN2/c1-17-7-2-3-11(6-8-17)16-13-9-10(15)4-5-12(13)14/h4-5,9,11,16H,2-3,6-8H2,1H3. The molecule has 0 bridgehead atoms. The molecule has 1 aromatic carbocycles. The molecular formula is C13H18ClFN2. The van der Waals surface area contributed by atoms with Crippen LogP contribution in [0.1, 0.15) is 19.3 Å². The van der Waals surface area contributed by atoms with Gasteiger partial charge >= 0.3 is 0 Å². The van der Waals surface area contributed by atoms with E-state index >= 15 is 0 Å². The van der Waals surface area contributed by atoms with Gasteiger partial charge in [-0.25, -0.2) is 4.39 Å². The van der Waals surface area contributed by atoms with Crippen molar-refractivity contribution in [2.45, 2.75) is 25.3 Å². The molecule has 0 aliphatic carbocycles. The van der Waals surface area contributed by atoms with Crippen molar-refractivity contribution in [3.05, 3.63) is 29.0 Å². The Morgan fingerprint density at radius 2 is 2.18 bits per heavy atom. The van der Waals surface area contributed by atoms with Crippen LogP contribution in [0.3, 0.4) is 0 Å². The Morgan fingerprint density at radius 3 is 3.00 bits per heavy atom. The van der Waals surface area contributed by atoms with Crippen molar-refractivity contribution in [3.8, 4) is 0 Å². The largest absolute Gasteiger partial charge is 0.381 e. The highest BCUT2D eigenvalue weighted by atomic mass is 35.5. The number of nitrogens with one attached hydrogen (secondary N) is 1. The number of anilines is 1. The quantitative estimate of drug-likeness (QED) is 0.873. The van der Waals surface area contributed by atoms with Crippen molar-refractivity contribution in [1.82, 2.24) is 4.90 Å². The van der Waals surface area contributed by atoms with E-state index in [0.29, 0.717) is 16.8 Å². The van der Waals surface area contributed by atoms with Gasteiger partial charge in [-0.3, -0.25) is 0 Å². The normalized spacial score (nSPS) is 22.2. The Hall–Kier alpha value is -0.800. The Balaban J connectivity index is 2.02.